The molecule has 0 saturated carbocycles. The lowest BCUT2D eigenvalue weighted by molar-refractivity contribution is 0.395. The summed E-state index contributed by atoms with van der Waals surface area (Å²) in [6.45, 7) is 3.03. The Hall–Kier alpha value is -1.62. The Kier molecular flexibility index (Phi) is 4.04. The first kappa shape index (κ1) is 13.8. The highest BCUT2D eigenvalue weighted by atomic mass is 19.1. The molecule has 0 radical (unpaired) electrons. The van der Waals surface area contributed by atoms with Crippen molar-refractivity contribution >= 4 is 11.5 Å². The number of anilines is 1. The zero-order valence-electron chi connectivity index (χ0n) is 11.5. The standard InChI is InChI=1S/C14H21FN4/c1-18-6-5-10(8-18)9-19(2)13-4-3-11(14(16)17)7-12(13)15/h3-4,7,10H,5-6,8-9H2,1-2H3,(H3,16,17). The number of amidine groups is 1. The van der Waals surface area contributed by atoms with E-state index in [0.717, 1.165) is 26.1 Å². The molecule has 19 heavy (non-hydrogen) atoms. The van der Waals surface area contributed by atoms with Gasteiger partial charge in [-0.25, -0.2) is 4.39 Å². The fourth-order valence-corrected chi connectivity index (χ4v) is 2.64. The second kappa shape index (κ2) is 5.57. The molecule has 1 aliphatic heterocycles. The van der Waals surface area contributed by atoms with Crippen LogP contribution in [0.2, 0.25) is 0 Å². The van der Waals surface area contributed by atoms with E-state index in [4.69, 9.17) is 11.1 Å². The second-order valence-electron chi connectivity index (χ2n) is 5.38. The summed E-state index contributed by atoms with van der Waals surface area (Å²) in [4.78, 5) is 4.25. The van der Waals surface area contributed by atoms with Gasteiger partial charge in [-0.3, -0.25) is 5.41 Å². The highest BCUT2D eigenvalue weighted by molar-refractivity contribution is 5.95. The van der Waals surface area contributed by atoms with E-state index in [1.54, 1.807) is 12.1 Å². The molecular weight excluding hydrogens is 243 g/mol. The summed E-state index contributed by atoms with van der Waals surface area (Å²) in [7, 11) is 4.02. The third kappa shape index (κ3) is 3.23. The van der Waals surface area contributed by atoms with Crippen LogP contribution in [0.1, 0.15) is 12.0 Å². The first-order valence-corrected chi connectivity index (χ1v) is 6.51. The van der Waals surface area contributed by atoms with Gasteiger partial charge in [-0.2, -0.15) is 0 Å². The van der Waals surface area contributed by atoms with Gasteiger partial charge in [0.05, 0.1) is 5.69 Å². The summed E-state index contributed by atoms with van der Waals surface area (Å²) >= 11 is 0. The number of rotatable bonds is 4. The Morgan fingerprint density at radius 2 is 2.32 bits per heavy atom. The van der Waals surface area contributed by atoms with Crippen LogP contribution in [0.15, 0.2) is 18.2 Å². The molecule has 3 N–H and O–H groups in total. The van der Waals surface area contributed by atoms with Crippen molar-refractivity contribution in [1.82, 2.24) is 4.90 Å². The van der Waals surface area contributed by atoms with Crippen molar-refractivity contribution in [2.75, 3.05) is 38.6 Å². The number of halogens is 1. The van der Waals surface area contributed by atoms with E-state index in [1.807, 2.05) is 11.9 Å². The summed E-state index contributed by atoms with van der Waals surface area (Å²) in [6.07, 6.45) is 1.16. The van der Waals surface area contributed by atoms with Crippen molar-refractivity contribution in [2.45, 2.75) is 6.42 Å². The summed E-state index contributed by atoms with van der Waals surface area (Å²) < 4.78 is 14.0. The third-order valence-electron chi connectivity index (χ3n) is 3.69. The van der Waals surface area contributed by atoms with Gasteiger partial charge in [0.2, 0.25) is 0 Å². The van der Waals surface area contributed by atoms with Crippen LogP contribution in [0.5, 0.6) is 0 Å². The summed E-state index contributed by atoms with van der Waals surface area (Å²) in [5.41, 5.74) is 6.35. The van der Waals surface area contributed by atoms with E-state index < -0.39 is 0 Å². The smallest absolute Gasteiger partial charge is 0.147 e. The largest absolute Gasteiger partial charge is 0.384 e. The van der Waals surface area contributed by atoms with Crippen molar-refractivity contribution in [2.24, 2.45) is 11.7 Å². The number of benzene rings is 1. The quantitative estimate of drug-likeness (QED) is 0.640. The van der Waals surface area contributed by atoms with Crippen molar-refractivity contribution in [3.63, 3.8) is 0 Å². The SMILES string of the molecule is CN1CCC(CN(C)c2ccc(C(=N)N)cc2F)C1. The fraction of sp³-hybridized carbons (Fsp3) is 0.500. The van der Waals surface area contributed by atoms with Crippen LogP contribution < -0.4 is 10.6 Å². The first-order valence-electron chi connectivity index (χ1n) is 6.51. The lowest BCUT2D eigenvalue weighted by Crippen LogP contribution is -2.28. The van der Waals surface area contributed by atoms with E-state index in [0.29, 0.717) is 17.2 Å². The third-order valence-corrected chi connectivity index (χ3v) is 3.69. The number of nitrogen functional groups attached to an aromatic ring is 1. The number of nitrogens with zero attached hydrogens (tertiary/aromatic N) is 2. The molecule has 4 nitrogen and oxygen atoms in total. The van der Waals surface area contributed by atoms with Gasteiger partial charge in [-0.05, 0) is 44.1 Å². The maximum atomic E-state index is 14.0. The van der Waals surface area contributed by atoms with Gasteiger partial charge in [0.25, 0.3) is 0 Å². The molecule has 0 bridgehead atoms. The normalized spacial score (nSPS) is 19.6. The van der Waals surface area contributed by atoms with E-state index in [9.17, 15) is 4.39 Å². The van der Waals surface area contributed by atoms with Gasteiger partial charge in [-0.15, -0.1) is 0 Å². The van der Waals surface area contributed by atoms with Gasteiger partial charge in [-0.1, -0.05) is 0 Å². The van der Waals surface area contributed by atoms with Crippen LogP contribution in [-0.4, -0.2) is 44.5 Å². The zero-order valence-corrected chi connectivity index (χ0v) is 11.5. The van der Waals surface area contributed by atoms with E-state index in [1.165, 1.54) is 6.07 Å². The monoisotopic (exact) mass is 264 g/mol. The molecule has 2 rings (SSSR count). The molecule has 1 atom stereocenters. The summed E-state index contributed by atoms with van der Waals surface area (Å²) in [6, 6.07) is 4.72. The Labute approximate surface area is 113 Å². The van der Waals surface area contributed by atoms with Gasteiger partial charge in [0.1, 0.15) is 11.7 Å². The molecular formula is C14H21FN4. The molecule has 1 aliphatic rings. The molecule has 104 valence electrons. The Balaban J connectivity index is 2.06. The highest BCUT2D eigenvalue weighted by Gasteiger charge is 2.21. The summed E-state index contributed by atoms with van der Waals surface area (Å²) in [5.74, 6) is 0.161. The van der Waals surface area contributed by atoms with E-state index in [2.05, 4.69) is 11.9 Å². The van der Waals surface area contributed by atoms with Crippen molar-refractivity contribution in [3.05, 3.63) is 29.6 Å². The average molecular weight is 264 g/mol. The molecule has 1 aromatic rings. The number of nitrogens with one attached hydrogen (secondary N) is 1. The topological polar surface area (TPSA) is 56.4 Å². The van der Waals surface area contributed by atoms with Gasteiger partial charge in [0.15, 0.2) is 0 Å². The molecule has 1 heterocycles. The molecule has 5 heteroatoms. The van der Waals surface area contributed by atoms with Crippen molar-refractivity contribution < 1.29 is 4.39 Å². The van der Waals surface area contributed by atoms with Crippen LogP contribution >= 0.6 is 0 Å². The minimum Gasteiger partial charge on any atom is -0.384 e. The van der Waals surface area contributed by atoms with Gasteiger partial charge >= 0.3 is 0 Å². The summed E-state index contributed by atoms with van der Waals surface area (Å²) in [5, 5.41) is 7.31. The van der Waals surface area contributed by atoms with Gasteiger partial charge in [0, 0.05) is 25.7 Å². The molecule has 1 fully saturated rings. The zero-order chi connectivity index (χ0) is 14.0. The Bertz CT molecular complexity index is 475. The minimum atomic E-state index is -0.318. The molecule has 0 amide bonds. The predicted molar refractivity (Wildman–Crippen MR) is 76.3 cm³/mol. The number of nitrogens with two attached hydrogens (primary N) is 1. The number of hydrogen-bond acceptors (Lipinski definition) is 3. The molecule has 0 spiro atoms. The van der Waals surface area contributed by atoms with Crippen LogP contribution in [-0.2, 0) is 0 Å². The minimum absolute atomic E-state index is 0.106. The first-order chi connectivity index (χ1) is 8.97. The second-order valence-corrected chi connectivity index (χ2v) is 5.38. The molecule has 1 saturated heterocycles. The predicted octanol–water partition coefficient (Wildman–Crippen LogP) is 1.50. The maximum absolute atomic E-state index is 14.0. The fourth-order valence-electron chi connectivity index (χ4n) is 2.64. The molecule has 0 aromatic heterocycles. The van der Waals surface area contributed by atoms with E-state index >= 15 is 0 Å². The van der Waals surface area contributed by atoms with Crippen molar-refractivity contribution in [3.8, 4) is 0 Å². The Morgan fingerprint density at radius 3 is 2.84 bits per heavy atom. The molecule has 1 aromatic carbocycles. The number of likely N-dealkylation sites (tertiary alicyclic amines) is 1. The number of hydrogen-bond donors (Lipinski definition) is 2. The van der Waals surface area contributed by atoms with Crippen LogP contribution in [0.25, 0.3) is 0 Å². The van der Waals surface area contributed by atoms with Gasteiger partial charge < -0.3 is 15.5 Å². The molecule has 0 aliphatic carbocycles. The van der Waals surface area contributed by atoms with Crippen LogP contribution in [0, 0.1) is 17.1 Å². The van der Waals surface area contributed by atoms with Crippen LogP contribution in [0.3, 0.4) is 0 Å². The highest BCUT2D eigenvalue weighted by Crippen LogP contribution is 2.23. The van der Waals surface area contributed by atoms with Crippen molar-refractivity contribution in [1.29, 1.82) is 5.41 Å². The maximum Gasteiger partial charge on any atom is 0.147 e. The lowest BCUT2D eigenvalue weighted by atomic mass is 10.1. The lowest BCUT2D eigenvalue weighted by Gasteiger charge is -2.23. The van der Waals surface area contributed by atoms with Crippen LogP contribution in [0.4, 0.5) is 10.1 Å². The molecule has 1 unspecified atom stereocenters. The average Bonchev–Trinajstić information content (AvgIpc) is 2.74. The Morgan fingerprint density at radius 1 is 1.58 bits per heavy atom. The van der Waals surface area contributed by atoms with E-state index in [-0.39, 0.29) is 11.7 Å².